The average Bonchev–Trinajstić information content (AvgIpc) is 2.90. The molecule has 1 aromatic heterocycles. The summed E-state index contributed by atoms with van der Waals surface area (Å²) in [6.07, 6.45) is -0.231. The minimum Gasteiger partial charge on any atom is -0.448 e. The van der Waals surface area contributed by atoms with Crippen molar-refractivity contribution in [3.05, 3.63) is 63.4 Å². The molecule has 2 unspecified atom stereocenters. The van der Waals surface area contributed by atoms with Crippen molar-refractivity contribution in [3.8, 4) is 5.75 Å². The Hall–Kier alpha value is -1.74. The minimum absolute atomic E-state index is 0.0534. The van der Waals surface area contributed by atoms with Crippen LogP contribution >= 0.6 is 20.3 Å². The number of benzene rings is 1. The van der Waals surface area contributed by atoms with Crippen LogP contribution in [-0.2, 0) is 9.26 Å². The van der Waals surface area contributed by atoms with Gasteiger partial charge in [-0.25, -0.2) is 17.5 Å². The Morgan fingerprint density at radius 3 is 2.78 bits per heavy atom. The maximum atomic E-state index is 14.2. The van der Waals surface area contributed by atoms with Crippen molar-refractivity contribution in [1.82, 2.24) is 8.96 Å². The Bertz CT molecular complexity index is 879. The quantitative estimate of drug-likeness (QED) is 0.697. The number of para-hydroxylation sites is 1. The van der Waals surface area contributed by atoms with Gasteiger partial charge >= 0.3 is 5.69 Å². The number of aromatic amines is 1. The molecule has 1 aromatic carbocycles. The van der Waals surface area contributed by atoms with Crippen molar-refractivity contribution in [3.63, 3.8) is 0 Å². The summed E-state index contributed by atoms with van der Waals surface area (Å²) in [6, 6.07) is 10.1. The molecular weight excluding hydrogens is 401 g/mol. The number of hydrogen-bond donors (Lipinski definition) is 1. The zero-order valence-corrected chi connectivity index (χ0v) is 15.9. The molecule has 1 aliphatic rings. The molecule has 0 aliphatic carbocycles. The number of H-pyrrole nitrogens is 1. The third-order valence-electron chi connectivity index (χ3n) is 3.58. The van der Waals surface area contributed by atoms with Crippen molar-refractivity contribution in [2.24, 2.45) is 0 Å². The van der Waals surface area contributed by atoms with Gasteiger partial charge in [-0.1, -0.05) is 18.2 Å². The van der Waals surface area contributed by atoms with Crippen LogP contribution in [0.4, 0.5) is 8.78 Å². The van der Waals surface area contributed by atoms with Gasteiger partial charge in [-0.05, 0) is 24.1 Å². The van der Waals surface area contributed by atoms with Crippen molar-refractivity contribution >= 4 is 20.3 Å². The van der Waals surface area contributed by atoms with Gasteiger partial charge in [0.2, 0.25) is 8.38 Å². The topological polar surface area (TPSA) is 82.6 Å². The van der Waals surface area contributed by atoms with E-state index in [1.54, 1.807) is 18.8 Å². The van der Waals surface area contributed by atoms with Crippen LogP contribution < -0.4 is 15.8 Å². The monoisotopic (exact) mass is 418 g/mol. The average molecular weight is 418 g/mol. The number of nitrogens with one attached hydrogen (secondary N) is 1. The Kier molecular flexibility index (Phi) is 6.31. The number of alkyl halides is 2. The molecular formula is C16H17F2N2O5PS. The van der Waals surface area contributed by atoms with E-state index in [0.717, 1.165) is 16.2 Å². The Morgan fingerprint density at radius 2 is 2.07 bits per heavy atom. The third-order valence-corrected chi connectivity index (χ3v) is 5.72. The van der Waals surface area contributed by atoms with Gasteiger partial charge in [0.15, 0.2) is 5.44 Å². The van der Waals surface area contributed by atoms with Crippen molar-refractivity contribution in [2.45, 2.75) is 23.9 Å². The van der Waals surface area contributed by atoms with E-state index in [1.807, 2.05) is 23.2 Å². The van der Waals surface area contributed by atoms with Crippen LogP contribution in [0, 0.1) is 0 Å². The van der Waals surface area contributed by atoms with E-state index in [2.05, 4.69) is 0 Å². The van der Waals surface area contributed by atoms with Gasteiger partial charge in [0.25, 0.3) is 11.5 Å². The second-order valence-electron chi connectivity index (χ2n) is 5.74. The van der Waals surface area contributed by atoms with Crippen molar-refractivity contribution in [2.75, 3.05) is 13.3 Å². The molecule has 2 aromatic rings. The number of halogens is 2. The fraction of sp³-hybridized carbons (Fsp3) is 0.375. The van der Waals surface area contributed by atoms with Gasteiger partial charge < -0.3 is 13.8 Å². The third kappa shape index (κ3) is 5.38. The molecule has 3 atom stereocenters. The van der Waals surface area contributed by atoms with Crippen LogP contribution in [0.3, 0.4) is 0 Å². The highest BCUT2D eigenvalue weighted by molar-refractivity contribution is 7.98. The van der Waals surface area contributed by atoms with Crippen LogP contribution in [-0.4, -0.2) is 39.7 Å². The van der Waals surface area contributed by atoms with Gasteiger partial charge in [0, 0.05) is 25.3 Å². The number of aromatic nitrogens is 2. The Balaban J connectivity index is 1.54. The molecule has 0 amide bonds. The first kappa shape index (κ1) is 20.0. The van der Waals surface area contributed by atoms with Gasteiger partial charge in [-0.15, -0.1) is 0 Å². The summed E-state index contributed by atoms with van der Waals surface area (Å²) < 4.78 is 45.8. The molecule has 1 N–H and O–H groups in total. The van der Waals surface area contributed by atoms with Crippen LogP contribution in [0.2, 0.25) is 0 Å². The molecule has 0 spiro atoms. The highest BCUT2D eigenvalue weighted by Gasteiger charge is 2.51. The van der Waals surface area contributed by atoms with E-state index in [4.69, 9.17) is 13.8 Å². The molecule has 0 radical (unpaired) electrons. The van der Waals surface area contributed by atoms with E-state index in [0.29, 0.717) is 17.7 Å². The highest BCUT2D eigenvalue weighted by atomic mass is 32.2. The second-order valence-corrected chi connectivity index (χ2v) is 8.09. The van der Waals surface area contributed by atoms with Gasteiger partial charge in [-0.2, -0.15) is 0 Å². The number of ether oxygens (including phenoxy) is 1. The number of rotatable bonds is 7. The normalized spacial score (nSPS) is 22.5. The lowest BCUT2D eigenvalue weighted by Crippen LogP contribution is -2.31. The van der Waals surface area contributed by atoms with E-state index in [-0.39, 0.29) is 6.61 Å². The first-order valence-electron chi connectivity index (χ1n) is 7.95. The lowest BCUT2D eigenvalue weighted by molar-refractivity contribution is -0.0312. The largest absolute Gasteiger partial charge is 0.448 e. The number of hydrogen-bond acceptors (Lipinski definition) is 6. The SMILES string of the molecule is C[P@@](OCC1CC(F)(F)C(Sn2ccc(=O)[nH]c2=O)O1)Oc1ccccc1. The molecule has 146 valence electrons. The summed E-state index contributed by atoms with van der Waals surface area (Å²) in [7, 11) is -1.30. The zero-order chi connectivity index (χ0) is 19.4. The maximum absolute atomic E-state index is 14.2. The summed E-state index contributed by atoms with van der Waals surface area (Å²) in [5, 5.41) is 0. The van der Waals surface area contributed by atoms with Crippen molar-refractivity contribution in [1.29, 1.82) is 0 Å². The van der Waals surface area contributed by atoms with E-state index >= 15 is 0 Å². The highest BCUT2D eigenvalue weighted by Crippen LogP contribution is 2.43. The fourth-order valence-corrected chi connectivity index (χ4v) is 4.14. The lowest BCUT2D eigenvalue weighted by Gasteiger charge is -2.18. The predicted molar refractivity (Wildman–Crippen MR) is 98.4 cm³/mol. The minimum atomic E-state index is -3.15. The molecule has 1 fully saturated rings. The van der Waals surface area contributed by atoms with Crippen LogP contribution in [0.1, 0.15) is 6.42 Å². The number of nitrogens with zero attached hydrogens (tertiary/aromatic N) is 1. The molecule has 0 bridgehead atoms. The van der Waals surface area contributed by atoms with Gasteiger partial charge in [0.1, 0.15) is 5.75 Å². The summed E-state index contributed by atoms with van der Waals surface area (Å²) in [5.74, 6) is -2.51. The van der Waals surface area contributed by atoms with Gasteiger partial charge in [-0.3, -0.25) is 9.78 Å². The molecule has 7 nitrogen and oxygen atoms in total. The van der Waals surface area contributed by atoms with Crippen LogP contribution in [0.5, 0.6) is 5.75 Å². The van der Waals surface area contributed by atoms with Gasteiger partial charge in [0.05, 0.1) is 12.7 Å². The summed E-state index contributed by atoms with van der Waals surface area (Å²) in [6.45, 7) is 1.67. The molecule has 1 saturated heterocycles. The fourth-order valence-electron chi connectivity index (χ4n) is 2.36. The summed E-state index contributed by atoms with van der Waals surface area (Å²) in [5.41, 5.74) is -2.95. The maximum Gasteiger partial charge on any atom is 0.338 e. The summed E-state index contributed by atoms with van der Waals surface area (Å²) >= 11 is 0.514. The predicted octanol–water partition coefficient (Wildman–Crippen LogP) is 2.82. The Labute approximate surface area is 158 Å². The van der Waals surface area contributed by atoms with Crippen LogP contribution in [0.15, 0.2) is 52.2 Å². The molecule has 2 heterocycles. The first-order valence-corrected chi connectivity index (χ1v) is 10.4. The Morgan fingerprint density at radius 1 is 1.33 bits per heavy atom. The van der Waals surface area contributed by atoms with E-state index in [1.165, 1.54) is 0 Å². The molecule has 11 heteroatoms. The molecule has 1 aliphatic heterocycles. The van der Waals surface area contributed by atoms with E-state index in [9.17, 15) is 18.4 Å². The molecule has 3 rings (SSSR count). The van der Waals surface area contributed by atoms with Crippen LogP contribution in [0.25, 0.3) is 0 Å². The standard InChI is InChI=1S/C16H17F2N2O5PS/c1-26(25-11-5-3-2-4-6-11)23-10-12-9-16(17,18)14(24-12)27-20-8-7-13(21)19-15(20)22/h2-8,12,14H,9-10H2,1H3,(H,19,21,22)/t12?,14?,26-/m0/s1. The molecule has 27 heavy (non-hydrogen) atoms. The smallest absolute Gasteiger partial charge is 0.338 e. The second kappa shape index (κ2) is 8.52. The first-order chi connectivity index (χ1) is 12.8. The van der Waals surface area contributed by atoms with Crippen molar-refractivity contribution < 1.29 is 22.6 Å². The molecule has 0 saturated carbocycles. The lowest BCUT2D eigenvalue weighted by atomic mass is 10.2. The summed E-state index contributed by atoms with van der Waals surface area (Å²) in [4.78, 5) is 24.7. The zero-order valence-electron chi connectivity index (χ0n) is 14.2. The van der Waals surface area contributed by atoms with E-state index < -0.39 is 43.5 Å².